The van der Waals surface area contributed by atoms with Crippen molar-refractivity contribution in [1.29, 1.82) is 0 Å². The molecule has 2 unspecified atom stereocenters. The van der Waals surface area contributed by atoms with Gasteiger partial charge in [0.15, 0.2) is 0 Å². The molecule has 2 fully saturated rings. The van der Waals surface area contributed by atoms with Crippen molar-refractivity contribution in [2.75, 3.05) is 0 Å². The molecule has 3 nitrogen and oxygen atoms in total. The number of carbonyl (C=O) groups excluding carboxylic acids is 1. The number of hydrogen-bond acceptors (Lipinski definition) is 3. The Hall–Kier alpha value is -0.520. The normalized spacial score (nSPS) is 29.3. The zero-order valence-corrected chi connectivity index (χ0v) is 14.4. The van der Waals surface area contributed by atoms with Crippen LogP contribution in [-0.2, 0) is 4.79 Å². The minimum absolute atomic E-state index is 0.172. The number of thioether (sulfide) groups is 1. The van der Waals surface area contributed by atoms with Crippen LogP contribution in [0.1, 0.15) is 38.5 Å². The number of amides is 1. The molecule has 2 saturated carbocycles. The van der Waals surface area contributed by atoms with E-state index in [-0.39, 0.29) is 5.91 Å². The second-order valence-corrected chi connectivity index (χ2v) is 8.45. The van der Waals surface area contributed by atoms with Crippen LogP contribution in [0.25, 0.3) is 0 Å². The van der Waals surface area contributed by atoms with E-state index in [4.69, 9.17) is 5.73 Å². The largest absolute Gasteiger partial charge is 0.368 e. The van der Waals surface area contributed by atoms with Gasteiger partial charge in [0, 0.05) is 20.7 Å². The average molecular weight is 369 g/mol. The van der Waals surface area contributed by atoms with E-state index in [1.54, 1.807) is 0 Å². The first kappa shape index (κ1) is 15.4. The highest BCUT2D eigenvalue weighted by atomic mass is 79.9. The van der Waals surface area contributed by atoms with E-state index in [0.717, 1.165) is 30.2 Å². The monoisotopic (exact) mass is 368 g/mol. The van der Waals surface area contributed by atoms with Crippen molar-refractivity contribution in [2.45, 2.75) is 60.3 Å². The Bertz CT molecular complexity index is 535. The molecule has 3 rings (SSSR count). The molecule has 2 aliphatic carbocycles. The van der Waals surface area contributed by atoms with E-state index in [0.29, 0.717) is 11.3 Å². The van der Waals surface area contributed by atoms with E-state index < -0.39 is 5.54 Å². The molecule has 0 spiro atoms. The van der Waals surface area contributed by atoms with Crippen LogP contribution >= 0.6 is 27.7 Å². The number of primary amides is 1. The molecule has 2 aliphatic rings. The lowest BCUT2D eigenvalue weighted by molar-refractivity contribution is -0.125. The zero-order chi connectivity index (χ0) is 14.9. The van der Waals surface area contributed by atoms with E-state index in [2.05, 4.69) is 39.4 Å². The number of benzene rings is 1. The van der Waals surface area contributed by atoms with Crippen molar-refractivity contribution >= 4 is 33.6 Å². The summed E-state index contributed by atoms with van der Waals surface area (Å²) in [5, 5.41) is 3.99. The quantitative estimate of drug-likeness (QED) is 0.836. The second-order valence-electron chi connectivity index (χ2n) is 6.16. The van der Waals surface area contributed by atoms with Gasteiger partial charge in [-0.15, -0.1) is 11.8 Å². The first-order valence-corrected chi connectivity index (χ1v) is 9.24. The summed E-state index contributed by atoms with van der Waals surface area (Å²) in [6.07, 6.45) is 6.30. The summed E-state index contributed by atoms with van der Waals surface area (Å²) >= 11 is 5.38. The van der Waals surface area contributed by atoms with Crippen LogP contribution in [-0.4, -0.2) is 22.7 Å². The van der Waals surface area contributed by atoms with Crippen molar-refractivity contribution in [2.24, 2.45) is 5.73 Å². The second kappa shape index (κ2) is 6.31. The van der Waals surface area contributed by atoms with Crippen molar-refractivity contribution in [1.82, 2.24) is 5.32 Å². The molecule has 1 aromatic rings. The lowest BCUT2D eigenvalue weighted by atomic mass is 9.80. The predicted octanol–water partition coefficient (Wildman–Crippen LogP) is 3.46. The highest BCUT2D eigenvalue weighted by Gasteiger charge is 2.44. The fourth-order valence-electron chi connectivity index (χ4n) is 3.10. The topological polar surface area (TPSA) is 55.1 Å². The van der Waals surface area contributed by atoms with Gasteiger partial charge >= 0.3 is 0 Å². The summed E-state index contributed by atoms with van der Waals surface area (Å²) in [5.41, 5.74) is 5.26. The highest BCUT2D eigenvalue weighted by molar-refractivity contribution is 9.10. The molecular weight excluding hydrogens is 348 g/mol. The molecule has 0 aromatic heterocycles. The third kappa shape index (κ3) is 3.82. The van der Waals surface area contributed by atoms with Crippen LogP contribution in [0.2, 0.25) is 0 Å². The number of carbonyl (C=O) groups is 1. The molecule has 21 heavy (non-hydrogen) atoms. The summed E-state index contributed by atoms with van der Waals surface area (Å²) in [4.78, 5) is 13.3. The summed E-state index contributed by atoms with van der Waals surface area (Å²) < 4.78 is 1.10. The molecule has 0 heterocycles. The Morgan fingerprint density at radius 3 is 2.86 bits per heavy atom. The van der Waals surface area contributed by atoms with Gasteiger partial charge in [-0.25, -0.2) is 0 Å². The smallest absolute Gasteiger partial charge is 0.237 e. The molecule has 3 N–H and O–H groups in total. The Morgan fingerprint density at radius 2 is 2.19 bits per heavy atom. The maximum Gasteiger partial charge on any atom is 0.237 e. The number of halogens is 1. The summed E-state index contributed by atoms with van der Waals surface area (Å²) in [6.45, 7) is 0. The molecule has 5 heteroatoms. The van der Waals surface area contributed by atoms with Crippen LogP contribution < -0.4 is 11.1 Å². The van der Waals surface area contributed by atoms with Crippen LogP contribution in [0.15, 0.2) is 33.6 Å². The first-order valence-electron chi connectivity index (χ1n) is 7.57. The Balaban J connectivity index is 1.70. The van der Waals surface area contributed by atoms with Gasteiger partial charge in [0.25, 0.3) is 0 Å². The minimum atomic E-state index is -0.483. The van der Waals surface area contributed by atoms with Gasteiger partial charge < -0.3 is 11.1 Å². The summed E-state index contributed by atoms with van der Waals surface area (Å²) in [7, 11) is 0. The van der Waals surface area contributed by atoms with Crippen molar-refractivity contribution in [3.8, 4) is 0 Å². The van der Waals surface area contributed by atoms with Crippen molar-refractivity contribution in [3.63, 3.8) is 0 Å². The minimum Gasteiger partial charge on any atom is -0.368 e. The van der Waals surface area contributed by atoms with Gasteiger partial charge in [-0.3, -0.25) is 4.79 Å². The van der Waals surface area contributed by atoms with Gasteiger partial charge in [-0.2, -0.15) is 0 Å². The SMILES string of the molecule is NC(=O)C1(NC2CC2)CCCC(Sc2cccc(Br)c2)C1. The molecule has 0 aliphatic heterocycles. The third-order valence-corrected chi connectivity index (χ3v) is 6.09. The van der Waals surface area contributed by atoms with Gasteiger partial charge in [0.1, 0.15) is 0 Å². The van der Waals surface area contributed by atoms with Crippen LogP contribution in [0.4, 0.5) is 0 Å². The van der Waals surface area contributed by atoms with Gasteiger partial charge in [-0.05, 0) is 56.7 Å². The fraction of sp³-hybridized carbons (Fsp3) is 0.562. The van der Waals surface area contributed by atoms with Crippen LogP contribution in [0, 0.1) is 0 Å². The predicted molar refractivity (Wildman–Crippen MR) is 90.3 cm³/mol. The maximum atomic E-state index is 12.0. The molecule has 2 atom stereocenters. The average Bonchev–Trinajstić information content (AvgIpc) is 3.23. The standard InChI is InChI=1S/C16H21BrN2OS/c17-11-3-1-4-13(9-11)21-14-5-2-8-16(10-14,15(18)20)19-12-6-7-12/h1,3-4,9,12,14,19H,2,5-8,10H2,(H2,18,20). The third-order valence-electron chi connectivity index (χ3n) is 4.33. The molecular formula is C16H21BrN2OS. The van der Waals surface area contributed by atoms with Gasteiger partial charge in [-0.1, -0.05) is 22.0 Å². The summed E-state index contributed by atoms with van der Waals surface area (Å²) in [5.74, 6) is -0.172. The molecule has 114 valence electrons. The number of rotatable bonds is 5. The Labute approximate surface area is 138 Å². The van der Waals surface area contributed by atoms with Crippen LogP contribution in [0.5, 0.6) is 0 Å². The lowest BCUT2D eigenvalue weighted by Crippen LogP contribution is -2.59. The van der Waals surface area contributed by atoms with Crippen molar-refractivity contribution in [3.05, 3.63) is 28.7 Å². The highest BCUT2D eigenvalue weighted by Crippen LogP contribution is 2.40. The van der Waals surface area contributed by atoms with E-state index in [1.165, 1.54) is 17.7 Å². The number of nitrogens with two attached hydrogens (primary N) is 1. The van der Waals surface area contributed by atoms with Crippen LogP contribution in [0.3, 0.4) is 0 Å². The lowest BCUT2D eigenvalue weighted by Gasteiger charge is -2.39. The van der Waals surface area contributed by atoms with E-state index in [1.807, 2.05) is 17.8 Å². The first-order chi connectivity index (χ1) is 10.1. The van der Waals surface area contributed by atoms with E-state index >= 15 is 0 Å². The van der Waals surface area contributed by atoms with Gasteiger partial charge in [0.05, 0.1) is 5.54 Å². The molecule has 1 aromatic carbocycles. The number of nitrogens with one attached hydrogen (secondary N) is 1. The fourth-order valence-corrected chi connectivity index (χ4v) is 5.04. The molecule has 0 saturated heterocycles. The molecule has 1 amide bonds. The number of hydrogen-bond donors (Lipinski definition) is 2. The Kier molecular flexibility index (Phi) is 4.62. The van der Waals surface area contributed by atoms with Gasteiger partial charge in [0.2, 0.25) is 5.91 Å². The molecule has 0 bridgehead atoms. The summed E-state index contributed by atoms with van der Waals surface area (Å²) in [6, 6.07) is 8.86. The maximum absolute atomic E-state index is 12.0. The molecule has 0 radical (unpaired) electrons. The Morgan fingerprint density at radius 1 is 1.38 bits per heavy atom. The zero-order valence-electron chi connectivity index (χ0n) is 12.0. The van der Waals surface area contributed by atoms with E-state index in [9.17, 15) is 4.79 Å². The van der Waals surface area contributed by atoms with Crippen molar-refractivity contribution < 1.29 is 4.79 Å².